The first-order valence-electron chi connectivity index (χ1n) is 9.14. The standard InChI is InChI=1S/C23H22N2O2/c1-15(2)14-21(26)25(3)18-11-8-17(9-12-18)23-20-13-10-16-6-4-5-7-19(16)22(20)24-27-23/h4-9,11-12,14H,10,13H2,1-3H3. The van der Waals surface area contributed by atoms with E-state index >= 15 is 0 Å². The third-order valence-electron chi connectivity index (χ3n) is 4.96. The van der Waals surface area contributed by atoms with Crippen LogP contribution in [-0.2, 0) is 17.6 Å². The van der Waals surface area contributed by atoms with Gasteiger partial charge in [-0.1, -0.05) is 35.0 Å². The highest BCUT2D eigenvalue weighted by atomic mass is 16.5. The zero-order valence-electron chi connectivity index (χ0n) is 15.8. The molecule has 2 aromatic carbocycles. The first kappa shape index (κ1) is 17.3. The molecule has 0 saturated heterocycles. The Hall–Kier alpha value is -3.14. The number of carbonyl (C=O) groups is 1. The Kier molecular flexibility index (Phi) is 4.40. The van der Waals surface area contributed by atoms with Crippen molar-refractivity contribution in [3.8, 4) is 22.6 Å². The molecule has 1 aliphatic rings. The Balaban J connectivity index is 1.64. The van der Waals surface area contributed by atoms with Crippen molar-refractivity contribution in [3.63, 3.8) is 0 Å². The molecule has 3 aromatic rings. The second-order valence-corrected chi connectivity index (χ2v) is 7.16. The van der Waals surface area contributed by atoms with Crippen LogP contribution in [0.15, 0.2) is 64.7 Å². The summed E-state index contributed by atoms with van der Waals surface area (Å²) in [5, 5.41) is 4.35. The molecule has 0 unspecified atom stereocenters. The Labute approximate surface area is 159 Å². The predicted molar refractivity (Wildman–Crippen MR) is 108 cm³/mol. The number of allylic oxidation sites excluding steroid dienone is 1. The molecular weight excluding hydrogens is 336 g/mol. The SMILES string of the molecule is CC(C)=CC(=O)N(C)c1ccc(-c2onc3c2CCc2ccccc2-3)cc1. The van der Waals surface area contributed by atoms with Crippen molar-refractivity contribution in [2.75, 3.05) is 11.9 Å². The van der Waals surface area contributed by atoms with E-state index in [0.717, 1.165) is 52.2 Å². The highest BCUT2D eigenvalue weighted by Crippen LogP contribution is 2.38. The molecule has 0 saturated carbocycles. The van der Waals surface area contributed by atoms with Crippen LogP contribution in [0.1, 0.15) is 25.0 Å². The smallest absolute Gasteiger partial charge is 0.250 e. The van der Waals surface area contributed by atoms with E-state index in [0.29, 0.717) is 0 Å². The van der Waals surface area contributed by atoms with Crippen LogP contribution in [0.5, 0.6) is 0 Å². The lowest BCUT2D eigenvalue weighted by molar-refractivity contribution is -0.113. The highest BCUT2D eigenvalue weighted by Gasteiger charge is 2.24. The van der Waals surface area contributed by atoms with E-state index in [9.17, 15) is 4.79 Å². The van der Waals surface area contributed by atoms with E-state index in [1.54, 1.807) is 18.0 Å². The zero-order valence-corrected chi connectivity index (χ0v) is 15.8. The van der Waals surface area contributed by atoms with Gasteiger partial charge in [0, 0.05) is 35.5 Å². The lowest BCUT2D eigenvalue weighted by Gasteiger charge is -2.16. The van der Waals surface area contributed by atoms with Gasteiger partial charge >= 0.3 is 0 Å². The molecule has 1 aromatic heterocycles. The van der Waals surface area contributed by atoms with E-state index in [4.69, 9.17) is 4.52 Å². The molecule has 1 aliphatic carbocycles. The van der Waals surface area contributed by atoms with E-state index in [1.165, 1.54) is 5.56 Å². The number of fused-ring (bicyclic) bond motifs is 3. The maximum atomic E-state index is 12.2. The van der Waals surface area contributed by atoms with E-state index in [-0.39, 0.29) is 5.91 Å². The summed E-state index contributed by atoms with van der Waals surface area (Å²) in [4.78, 5) is 13.8. The zero-order chi connectivity index (χ0) is 19.0. The molecule has 0 fully saturated rings. The van der Waals surface area contributed by atoms with Crippen molar-refractivity contribution < 1.29 is 9.32 Å². The van der Waals surface area contributed by atoms with Crippen molar-refractivity contribution in [2.45, 2.75) is 26.7 Å². The van der Waals surface area contributed by atoms with Crippen molar-refractivity contribution in [2.24, 2.45) is 0 Å². The van der Waals surface area contributed by atoms with Crippen molar-refractivity contribution >= 4 is 11.6 Å². The summed E-state index contributed by atoms with van der Waals surface area (Å²) in [6.45, 7) is 3.83. The lowest BCUT2D eigenvalue weighted by atomic mass is 9.88. The topological polar surface area (TPSA) is 46.3 Å². The Morgan fingerprint density at radius 2 is 1.81 bits per heavy atom. The molecule has 1 heterocycles. The fraction of sp³-hybridized carbons (Fsp3) is 0.217. The summed E-state index contributed by atoms with van der Waals surface area (Å²) in [6.07, 6.45) is 3.56. The van der Waals surface area contributed by atoms with Crippen LogP contribution in [0, 0.1) is 0 Å². The van der Waals surface area contributed by atoms with Crippen molar-refractivity contribution in [3.05, 3.63) is 71.3 Å². The number of nitrogens with zero attached hydrogens (tertiary/aromatic N) is 2. The average molecular weight is 358 g/mol. The second-order valence-electron chi connectivity index (χ2n) is 7.16. The number of carbonyl (C=O) groups excluding carboxylic acids is 1. The van der Waals surface area contributed by atoms with Gasteiger partial charge < -0.3 is 9.42 Å². The number of hydrogen-bond acceptors (Lipinski definition) is 3. The summed E-state index contributed by atoms with van der Waals surface area (Å²) >= 11 is 0. The molecule has 0 aliphatic heterocycles. The van der Waals surface area contributed by atoms with E-state index < -0.39 is 0 Å². The molecule has 0 radical (unpaired) electrons. The number of benzene rings is 2. The Morgan fingerprint density at radius 3 is 2.56 bits per heavy atom. The highest BCUT2D eigenvalue weighted by molar-refractivity contribution is 6.01. The number of amides is 1. The third kappa shape index (κ3) is 3.19. The summed E-state index contributed by atoms with van der Waals surface area (Å²) in [6, 6.07) is 16.2. The maximum Gasteiger partial charge on any atom is 0.250 e. The van der Waals surface area contributed by atoms with Gasteiger partial charge in [-0.3, -0.25) is 4.79 Å². The normalized spacial score (nSPS) is 12.1. The van der Waals surface area contributed by atoms with Crippen LogP contribution in [0.25, 0.3) is 22.6 Å². The summed E-state index contributed by atoms with van der Waals surface area (Å²) < 4.78 is 5.72. The van der Waals surface area contributed by atoms with Crippen LogP contribution >= 0.6 is 0 Å². The van der Waals surface area contributed by atoms with Gasteiger partial charge in [0.05, 0.1) is 0 Å². The first-order valence-corrected chi connectivity index (χ1v) is 9.14. The minimum absolute atomic E-state index is 0.0311. The van der Waals surface area contributed by atoms with Gasteiger partial charge in [0.25, 0.3) is 5.91 Å². The van der Waals surface area contributed by atoms with Crippen molar-refractivity contribution in [1.29, 1.82) is 0 Å². The molecule has 136 valence electrons. The minimum atomic E-state index is -0.0311. The van der Waals surface area contributed by atoms with Crippen molar-refractivity contribution in [1.82, 2.24) is 5.16 Å². The monoisotopic (exact) mass is 358 g/mol. The number of rotatable bonds is 3. The molecular formula is C23H22N2O2. The first-order chi connectivity index (χ1) is 13.0. The molecule has 4 rings (SSSR count). The quantitative estimate of drug-likeness (QED) is 0.617. The molecule has 0 atom stereocenters. The molecule has 27 heavy (non-hydrogen) atoms. The number of hydrogen-bond donors (Lipinski definition) is 0. The summed E-state index contributed by atoms with van der Waals surface area (Å²) in [5.74, 6) is 0.792. The minimum Gasteiger partial charge on any atom is -0.355 e. The lowest BCUT2D eigenvalue weighted by Crippen LogP contribution is -2.24. The second kappa shape index (κ2) is 6.88. The maximum absolute atomic E-state index is 12.2. The summed E-state index contributed by atoms with van der Waals surface area (Å²) in [7, 11) is 1.78. The van der Waals surface area contributed by atoms with Crippen LogP contribution < -0.4 is 4.90 Å². The van der Waals surface area contributed by atoms with Crippen LogP contribution in [0.3, 0.4) is 0 Å². The number of likely N-dealkylation sites (N-methyl/N-ethyl adjacent to an activating group) is 1. The molecule has 0 N–H and O–H groups in total. The van der Waals surface area contributed by atoms with Gasteiger partial charge in [-0.25, -0.2) is 0 Å². The number of aromatic nitrogens is 1. The molecule has 1 amide bonds. The summed E-state index contributed by atoms with van der Waals surface area (Å²) in [5.41, 5.74) is 7.41. The molecule has 4 nitrogen and oxygen atoms in total. The Morgan fingerprint density at radius 1 is 1.07 bits per heavy atom. The van der Waals surface area contributed by atoms with Crippen LogP contribution in [0.4, 0.5) is 5.69 Å². The van der Waals surface area contributed by atoms with Gasteiger partial charge in [0.2, 0.25) is 0 Å². The van der Waals surface area contributed by atoms with Gasteiger partial charge in [-0.15, -0.1) is 0 Å². The molecule has 4 heteroatoms. The van der Waals surface area contributed by atoms with E-state index in [2.05, 4.69) is 23.4 Å². The predicted octanol–water partition coefficient (Wildman–Crippen LogP) is 5.04. The average Bonchev–Trinajstić information content (AvgIpc) is 3.11. The number of anilines is 1. The third-order valence-corrected chi connectivity index (χ3v) is 4.96. The molecule has 0 bridgehead atoms. The van der Waals surface area contributed by atoms with E-state index in [1.807, 2.05) is 44.2 Å². The number of aryl methyl sites for hydroxylation is 1. The Bertz CT molecular complexity index is 1020. The fourth-order valence-electron chi connectivity index (χ4n) is 3.52. The van der Waals surface area contributed by atoms with Gasteiger partial charge in [-0.05, 0) is 56.5 Å². The largest absolute Gasteiger partial charge is 0.355 e. The van der Waals surface area contributed by atoms with Gasteiger partial charge in [0.1, 0.15) is 5.69 Å². The van der Waals surface area contributed by atoms with Crippen LogP contribution in [0.2, 0.25) is 0 Å². The van der Waals surface area contributed by atoms with Crippen LogP contribution in [-0.4, -0.2) is 18.1 Å². The molecule has 0 spiro atoms. The van der Waals surface area contributed by atoms with Gasteiger partial charge in [-0.2, -0.15) is 0 Å². The van der Waals surface area contributed by atoms with Gasteiger partial charge in [0.15, 0.2) is 5.76 Å². The fourth-order valence-corrected chi connectivity index (χ4v) is 3.52.